The molecule has 1 aromatic rings. The molecule has 19 heavy (non-hydrogen) atoms. The molecular weight excluding hydrogens is 244 g/mol. The Labute approximate surface area is 112 Å². The molecule has 0 unspecified atom stereocenters. The normalized spacial score (nSPS) is 18.4. The first-order valence-electron chi connectivity index (χ1n) is 6.59. The number of benzene rings is 1. The monoisotopic (exact) mass is 262 g/mol. The Balaban J connectivity index is 1.92. The topological polar surface area (TPSA) is 43.3 Å². The van der Waals surface area contributed by atoms with Crippen LogP contribution >= 0.6 is 0 Å². The molecule has 1 aromatic carbocycles. The van der Waals surface area contributed by atoms with Gasteiger partial charge in [0.15, 0.2) is 11.5 Å². The number of rotatable bonds is 4. The second-order valence-corrected chi connectivity index (χ2v) is 4.77. The summed E-state index contributed by atoms with van der Waals surface area (Å²) in [7, 11) is 1.55. The molecule has 0 saturated carbocycles. The van der Waals surface area contributed by atoms with Crippen LogP contribution in [-0.4, -0.2) is 38.1 Å². The third-order valence-corrected chi connectivity index (χ3v) is 3.56. The number of fused-ring (bicyclic) bond motifs is 1. The maximum Gasteiger partial charge on any atom is 0.231 e. The van der Waals surface area contributed by atoms with Crippen molar-refractivity contribution in [3.05, 3.63) is 23.3 Å². The van der Waals surface area contributed by atoms with Crippen molar-refractivity contribution in [3.63, 3.8) is 0 Å². The molecule has 2 aliphatic rings. The van der Waals surface area contributed by atoms with Gasteiger partial charge >= 0.3 is 0 Å². The van der Waals surface area contributed by atoms with E-state index in [4.69, 9.17) is 14.3 Å². The summed E-state index contributed by atoms with van der Waals surface area (Å²) in [5, 5.41) is 3.86. The van der Waals surface area contributed by atoms with Gasteiger partial charge in [-0.2, -0.15) is 0 Å². The van der Waals surface area contributed by atoms with E-state index in [1.807, 2.05) is 12.1 Å². The number of hydrogen-bond acceptors (Lipinski definition) is 5. The van der Waals surface area contributed by atoms with Crippen molar-refractivity contribution in [1.82, 2.24) is 4.90 Å². The van der Waals surface area contributed by atoms with Gasteiger partial charge in [0.1, 0.15) is 7.11 Å². The largest absolute Gasteiger partial charge is 0.454 e. The first kappa shape index (κ1) is 12.3. The smallest absolute Gasteiger partial charge is 0.231 e. The molecule has 0 aromatic heterocycles. The average molecular weight is 262 g/mol. The zero-order valence-corrected chi connectivity index (χ0v) is 11.1. The summed E-state index contributed by atoms with van der Waals surface area (Å²) >= 11 is 0. The number of ether oxygens (including phenoxy) is 2. The van der Waals surface area contributed by atoms with Gasteiger partial charge in [0, 0.05) is 17.7 Å². The van der Waals surface area contributed by atoms with Crippen molar-refractivity contribution in [3.8, 4) is 11.5 Å². The van der Waals surface area contributed by atoms with Crippen LogP contribution in [-0.2, 0) is 11.4 Å². The lowest BCUT2D eigenvalue weighted by Gasteiger charge is -2.17. The molecule has 5 heteroatoms. The van der Waals surface area contributed by atoms with Crippen LogP contribution in [0.1, 0.15) is 24.0 Å². The van der Waals surface area contributed by atoms with Crippen LogP contribution in [0.25, 0.3) is 0 Å². The fourth-order valence-electron chi connectivity index (χ4n) is 2.60. The van der Waals surface area contributed by atoms with E-state index >= 15 is 0 Å². The molecule has 2 heterocycles. The molecule has 0 bridgehead atoms. The molecule has 0 aliphatic carbocycles. The Morgan fingerprint density at radius 2 is 2.16 bits per heavy atom. The molecule has 0 N–H and O–H groups in total. The van der Waals surface area contributed by atoms with E-state index in [0.717, 1.165) is 42.3 Å². The second kappa shape index (κ2) is 5.48. The predicted octanol–water partition coefficient (Wildman–Crippen LogP) is 1.99. The summed E-state index contributed by atoms with van der Waals surface area (Å²) in [4.78, 5) is 7.21. The molecule has 5 nitrogen and oxygen atoms in total. The minimum Gasteiger partial charge on any atom is -0.454 e. The lowest BCUT2D eigenvalue weighted by Crippen LogP contribution is -2.19. The summed E-state index contributed by atoms with van der Waals surface area (Å²) in [5.41, 5.74) is 2.16. The van der Waals surface area contributed by atoms with E-state index in [0.29, 0.717) is 6.79 Å². The van der Waals surface area contributed by atoms with Gasteiger partial charge in [0.05, 0.1) is 6.21 Å². The number of nitrogens with zero attached hydrogens (tertiary/aromatic N) is 2. The van der Waals surface area contributed by atoms with Crippen LogP contribution in [0.3, 0.4) is 0 Å². The van der Waals surface area contributed by atoms with Crippen LogP contribution in [0.5, 0.6) is 11.5 Å². The van der Waals surface area contributed by atoms with Gasteiger partial charge < -0.3 is 14.3 Å². The van der Waals surface area contributed by atoms with Crippen molar-refractivity contribution in [2.45, 2.75) is 19.4 Å². The number of hydrogen-bond donors (Lipinski definition) is 0. The van der Waals surface area contributed by atoms with Crippen LogP contribution in [0.2, 0.25) is 0 Å². The van der Waals surface area contributed by atoms with Gasteiger partial charge in [-0.3, -0.25) is 4.90 Å². The summed E-state index contributed by atoms with van der Waals surface area (Å²) in [5.74, 6) is 1.68. The van der Waals surface area contributed by atoms with E-state index < -0.39 is 0 Å². The summed E-state index contributed by atoms with van der Waals surface area (Å²) in [6.07, 6.45) is 4.27. The Hall–Kier alpha value is -1.75. The minimum atomic E-state index is 0.299. The molecule has 1 fully saturated rings. The van der Waals surface area contributed by atoms with Crippen molar-refractivity contribution >= 4 is 6.21 Å². The molecule has 1 saturated heterocycles. The van der Waals surface area contributed by atoms with Crippen molar-refractivity contribution in [2.24, 2.45) is 5.16 Å². The lowest BCUT2D eigenvalue weighted by molar-refractivity contribution is 0.172. The first-order valence-corrected chi connectivity index (χ1v) is 6.59. The molecule has 2 aliphatic heterocycles. The van der Waals surface area contributed by atoms with E-state index in [1.165, 1.54) is 12.8 Å². The quantitative estimate of drug-likeness (QED) is 0.615. The fraction of sp³-hybridized carbons (Fsp3) is 0.500. The highest BCUT2D eigenvalue weighted by molar-refractivity contribution is 5.83. The lowest BCUT2D eigenvalue weighted by atomic mass is 10.1. The molecule has 102 valence electrons. The maximum atomic E-state index is 5.61. The van der Waals surface area contributed by atoms with Gasteiger partial charge in [0.25, 0.3) is 0 Å². The van der Waals surface area contributed by atoms with E-state index in [-0.39, 0.29) is 0 Å². The third-order valence-electron chi connectivity index (χ3n) is 3.56. The van der Waals surface area contributed by atoms with Gasteiger partial charge in [-0.05, 0) is 38.1 Å². The van der Waals surface area contributed by atoms with Crippen molar-refractivity contribution in [1.29, 1.82) is 0 Å². The zero-order valence-electron chi connectivity index (χ0n) is 11.1. The predicted molar refractivity (Wildman–Crippen MR) is 71.7 cm³/mol. The number of likely N-dealkylation sites (tertiary alicyclic amines) is 1. The van der Waals surface area contributed by atoms with Crippen LogP contribution in [0.15, 0.2) is 17.3 Å². The zero-order chi connectivity index (χ0) is 13.1. The van der Waals surface area contributed by atoms with E-state index in [9.17, 15) is 0 Å². The SMILES string of the molecule is CO/N=C\c1ccc2c(c1CN1CCCC1)OCO2. The van der Waals surface area contributed by atoms with Gasteiger partial charge in [-0.25, -0.2) is 0 Å². The minimum absolute atomic E-state index is 0.299. The molecule has 3 rings (SSSR count). The molecular formula is C14H18N2O3. The first-order chi connectivity index (χ1) is 9.38. The second-order valence-electron chi connectivity index (χ2n) is 4.77. The van der Waals surface area contributed by atoms with Gasteiger partial charge in [-0.1, -0.05) is 5.16 Å². The molecule has 0 atom stereocenters. The molecule has 0 radical (unpaired) electrons. The van der Waals surface area contributed by atoms with E-state index in [2.05, 4.69) is 10.1 Å². The molecule has 0 spiro atoms. The average Bonchev–Trinajstić information content (AvgIpc) is 3.08. The Morgan fingerprint density at radius 3 is 2.95 bits per heavy atom. The highest BCUT2D eigenvalue weighted by Crippen LogP contribution is 2.38. The van der Waals surface area contributed by atoms with Gasteiger partial charge in [-0.15, -0.1) is 0 Å². The van der Waals surface area contributed by atoms with E-state index in [1.54, 1.807) is 13.3 Å². The summed E-state index contributed by atoms with van der Waals surface area (Å²) in [6.45, 7) is 3.46. The standard InChI is InChI=1S/C14H18N2O3/c1-17-15-8-11-4-5-13-14(19-10-18-13)12(11)9-16-6-2-3-7-16/h4-5,8H,2-3,6-7,9-10H2,1H3/b15-8-. The van der Waals surface area contributed by atoms with Crippen LogP contribution < -0.4 is 9.47 Å². The van der Waals surface area contributed by atoms with Gasteiger partial charge in [0.2, 0.25) is 6.79 Å². The van der Waals surface area contributed by atoms with Crippen molar-refractivity contribution in [2.75, 3.05) is 27.0 Å². The Morgan fingerprint density at radius 1 is 1.32 bits per heavy atom. The highest BCUT2D eigenvalue weighted by atomic mass is 16.7. The Bertz CT molecular complexity index is 482. The summed E-state index contributed by atoms with van der Waals surface area (Å²) < 4.78 is 11.1. The maximum absolute atomic E-state index is 5.61. The van der Waals surface area contributed by atoms with Crippen LogP contribution in [0.4, 0.5) is 0 Å². The Kier molecular flexibility index (Phi) is 3.55. The van der Waals surface area contributed by atoms with Crippen LogP contribution in [0, 0.1) is 0 Å². The molecule has 0 amide bonds. The van der Waals surface area contributed by atoms with Crippen molar-refractivity contribution < 1.29 is 14.3 Å². The highest BCUT2D eigenvalue weighted by Gasteiger charge is 2.23. The summed E-state index contributed by atoms with van der Waals surface area (Å²) in [6, 6.07) is 3.92. The number of oxime groups is 1. The fourth-order valence-corrected chi connectivity index (χ4v) is 2.60. The third kappa shape index (κ3) is 2.51.